The highest BCUT2D eigenvalue weighted by molar-refractivity contribution is 7.82. The van der Waals surface area contributed by atoms with Crippen LogP contribution in [0.15, 0.2) is 60.0 Å². The van der Waals surface area contributed by atoms with Gasteiger partial charge in [-0.3, -0.25) is 4.90 Å². The first-order valence-electron chi connectivity index (χ1n) is 6.68. The van der Waals surface area contributed by atoms with Crippen molar-refractivity contribution in [3.05, 3.63) is 66.2 Å². The molecule has 1 atom stereocenters. The zero-order valence-corrected chi connectivity index (χ0v) is 12.6. The Morgan fingerprint density at radius 1 is 1.14 bits per heavy atom. The number of carbonyl (C=O) groups excluding carboxylic acids is 1. The van der Waals surface area contributed by atoms with Crippen molar-refractivity contribution >= 4 is 28.4 Å². The van der Waals surface area contributed by atoms with E-state index in [0.29, 0.717) is 17.1 Å². The van der Waals surface area contributed by atoms with Crippen molar-refractivity contribution in [3.63, 3.8) is 0 Å². The number of para-hydroxylation sites is 1. The molecule has 3 N–H and O–H groups in total. The minimum atomic E-state index is -1.50. The van der Waals surface area contributed by atoms with Gasteiger partial charge in [-0.25, -0.2) is 14.1 Å². The van der Waals surface area contributed by atoms with Gasteiger partial charge in [-0.1, -0.05) is 36.9 Å². The van der Waals surface area contributed by atoms with Crippen LogP contribution in [0.5, 0.6) is 0 Å². The summed E-state index contributed by atoms with van der Waals surface area (Å²) >= 11 is 0. The molecule has 0 radical (unpaired) electrons. The first-order valence-corrected chi connectivity index (χ1v) is 7.89. The first-order chi connectivity index (χ1) is 10.6. The van der Waals surface area contributed by atoms with Crippen LogP contribution in [0.3, 0.4) is 0 Å². The second kappa shape index (κ2) is 5.75. The van der Waals surface area contributed by atoms with Gasteiger partial charge >= 0.3 is 6.03 Å². The molecule has 0 aromatic heterocycles. The van der Waals surface area contributed by atoms with E-state index in [0.717, 1.165) is 16.8 Å². The third-order valence-electron chi connectivity index (χ3n) is 3.55. The summed E-state index contributed by atoms with van der Waals surface area (Å²) in [6, 6.07) is 14.3. The molecule has 6 heteroatoms. The number of hydrogen-bond donors (Lipinski definition) is 2. The summed E-state index contributed by atoms with van der Waals surface area (Å²) in [6.07, 6.45) is 0. The van der Waals surface area contributed by atoms with Crippen LogP contribution >= 0.6 is 0 Å². The van der Waals surface area contributed by atoms with Gasteiger partial charge in [0.1, 0.15) is 11.0 Å². The van der Waals surface area contributed by atoms with Crippen LogP contribution in [0.2, 0.25) is 0 Å². The van der Waals surface area contributed by atoms with E-state index in [9.17, 15) is 9.00 Å². The smallest absolute Gasteiger partial charge is 0.307 e. The molecule has 1 aliphatic heterocycles. The number of benzene rings is 2. The number of rotatable bonds is 3. The van der Waals surface area contributed by atoms with E-state index in [2.05, 4.69) is 11.9 Å². The molecule has 2 aromatic rings. The number of nitrogens with zero attached hydrogens (tertiary/aromatic N) is 1. The molecular formula is C16H15N3O2S. The van der Waals surface area contributed by atoms with E-state index in [1.54, 1.807) is 29.2 Å². The van der Waals surface area contributed by atoms with Crippen LogP contribution in [0.1, 0.15) is 11.1 Å². The number of fused-ring (bicyclic) bond motifs is 1. The van der Waals surface area contributed by atoms with Gasteiger partial charge in [0.15, 0.2) is 0 Å². The van der Waals surface area contributed by atoms with E-state index < -0.39 is 11.0 Å². The molecule has 2 aromatic carbocycles. The third-order valence-corrected chi connectivity index (χ3v) is 4.28. The molecular weight excluding hydrogens is 298 g/mol. The van der Waals surface area contributed by atoms with Crippen molar-refractivity contribution in [2.24, 2.45) is 5.14 Å². The number of carbonyl (C=O) groups is 1. The van der Waals surface area contributed by atoms with Crippen molar-refractivity contribution in [2.45, 2.75) is 11.4 Å². The predicted molar refractivity (Wildman–Crippen MR) is 87.1 cm³/mol. The summed E-state index contributed by atoms with van der Waals surface area (Å²) in [5.74, 6) is 0. The molecule has 0 spiro atoms. The minimum Gasteiger partial charge on any atom is -0.307 e. The molecule has 3 rings (SSSR count). The SMILES string of the molecule is C=C1c2ccccc2NC(=O)N1Cc1ccc(S(N)=O)cc1. The second-order valence-corrected chi connectivity index (χ2v) is 6.02. The average molecular weight is 313 g/mol. The number of nitrogens with one attached hydrogen (secondary N) is 1. The molecule has 1 heterocycles. The average Bonchev–Trinajstić information content (AvgIpc) is 2.52. The van der Waals surface area contributed by atoms with E-state index in [1.807, 2.05) is 24.3 Å². The van der Waals surface area contributed by atoms with Crippen LogP contribution < -0.4 is 10.5 Å². The molecule has 0 bridgehead atoms. The minimum absolute atomic E-state index is 0.213. The lowest BCUT2D eigenvalue weighted by molar-refractivity contribution is 0.229. The fourth-order valence-electron chi connectivity index (χ4n) is 2.37. The zero-order valence-electron chi connectivity index (χ0n) is 11.8. The Bertz CT molecular complexity index is 771. The van der Waals surface area contributed by atoms with E-state index in [4.69, 9.17) is 5.14 Å². The second-order valence-electron chi connectivity index (χ2n) is 4.95. The summed E-state index contributed by atoms with van der Waals surface area (Å²) in [7, 11) is -1.50. The van der Waals surface area contributed by atoms with Crippen LogP contribution in [-0.2, 0) is 17.5 Å². The molecule has 112 valence electrons. The summed E-state index contributed by atoms with van der Waals surface area (Å²) < 4.78 is 11.2. The lowest BCUT2D eigenvalue weighted by atomic mass is 10.1. The molecule has 2 amide bonds. The molecule has 0 saturated heterocycles. The topological polar surface area (TPSA) is 75.4 Å². The van der Waals surface area contributed by atoms with Crippen molar-refractivity contribution < 1.29 is 9.00 Å². The van der Waals surface area contributed by atoms with Gasteiger partial charge < -0.3 is 5.32 Å². The van der Waals surface area contributed by atoms with Crippen LogP contribution in [0.4, 0.5) is 10.5 Å². The van der Waals surface area contributed by atoms with Gasteiger partial charge in [-0.2, -0.15) is 0 Å². The molecule has 22 heavy (non-hydrogen) atoms. The van der Waals surface area contributed by atoms with Gasteiger partial charge in [0.05, 0.1) is 17.1 Å². The maximum absolute atomic E-state index is 12.2. The van der Waals surface area contributed by atoms with E-state index in [1.165, 1.54) is 0 Å². The Hall–Kier alpha value is -2.44. The Balaban J connectivity index is 1.85. The summed E-state index contributed by atoms with van der Waals surface area (Å²) in [5.41, 5.74) is 3.24. The maximum atomic E-state index is 12.2. The first kappa shape index (κ1) is 14.5. The fourth-order valence-corrected chi connectivity index (χ4v) is 2.78. The summed E-state index contributed by atoms with van der Waals surface area (Å²) in [4.78, 5) is 14.4. The van der Waals surface area contributed by atoms with Gasteiger partial charge in [0, 0.05) is 11.3 Å². The number of nitrogens with two attached hydrogens (primary N) is 1. The Morgan fingerprint density at radius 3 is 2.50 bits per heavy atom. The molecule has 1 aliphatic rings. The number of anilines is 1. The standard InChI is InChI=1S/C16H15N3O2S/c1-11-14-4-2-3-5-15(14)18-16(20)19(11)10-12-6-8-13(9-7-12)22(17)21/h2-9H,1,10,17H2,(H,18,20). The van der Waals surface area contributed by atoms with Gasteiger partial charge in [0.2, 0.25) is 0 Å². The lowest BCUT2D eigenvalue weighted by Crippen LogP contribution is -2.36. The normalized spacial score (nSPS) is 15.2. The fraction of sp³-hybridized carbons (Fsp3) is 0.0625. The zero-order chi connectivity index (χ0) is 15.7. The van der Waals surface area contributed by atoms with Crippen molar-refractivity contribution in [1.82, 2.24) is 4.90 Å². The number of hydrogen-bond acceptors (Lipinski definition) is 2. The Morgan fingerprint density at radius 2 is 1.82 bits per heavy atom. The molecule has 0 saturated carbocycles. The van der Waals surface area contributed by atoms with E-state index in [-0.39, 0.29) is 6.03 Å². The Kier molecular flexibility index (Phi) is 3.79. The molecule has 1 unspecified atom stereocenters. The largest absolute Gasteiger partial charge is 0.326 e. The summed E-state index contributed by atoms with van der Waals surface area (Å²) in [5, 5.41) is 8.18. The molecule has 5 nitrogen and oxygen atoms in total. The highest BCUT2D eigenvalue weighted by Crippen LogP contribution is 2.31. The third kappa shape index (κ3) is 2.66. The van der Waals surface area contributed by atoms with Crippen molar-refractivity contribution in [2.75, 3.05) is 5.32 Å². The van der Waals surface area contributed by atoms with Gasteiger partial charge in [-0.15, -0.1) is 0 Å². The predicted octanol–water partition coefficient (Wildman–Crippen LogP) is 2.69. The highest BCUT2D eigenvalue weighted by Gasteiger charge is 2.25. The molecule has 0 fully saturated rings. The van der Waals surface area contributed by atoms with Crippen LogP contribution in [0, 0.1) is 0 Å². The molecule has 0 aliphatic carbocycles. The monoisotopic (exact) mass is 313 g/mol. The van der Waals surface area contributed by atoms with Crippen LogP contribution in [-0.4, -0.2) is 15.1 Å². The lowest BCUT2D eigenvalue weighted by Gasteiger charge is -2.31. The van der Waals surface area contributed by atoms with E-state index >= 15 is 0 Å². The van der Waals surface area contributed by atoms with Crippen molar-refractivity contribution in [3.8, 4) is 0 Å². The maximum Gasteiger partial charge on any atom is 0.326 e. The van der Waals surface area contributed by atoms with Gasteiger partial charge in [-0.05, 0) is 23.8 Å². The van der Waals surface area contributed by atoms with Gasteiger partial charge in [0.25, 0.3) is 0 Å². The number of amides is 2. The summed E-state index contributed by atoms with van der Waals surface area (Å²) in [6.45, 7) is 4.41. The Labute approximate surface area is 131 Å². The van der Waals surface area contributed by atoms with Crippen molar-refractivity contribution in [1.29, 1.82) is 0 Å². The highest BCUT2D eigenvalue weighted by atomic mass is 32.2. The number of urea groups is 1. The quantitative estimate of drug-likeness (QED) is 0.914. The van der Waals surface area contributed by atoms with Crippen LogP contribution in [0.25, 0.3) is 5.70 Å².